The molecule has 0 bridgehead atoms. The first-order valence-electron chi connectivity index (χ1n) is 5.63. The van der Waals surface area contributed by atoms with Gasteiger partial charge in [-0.25, -0.2) is 0 Å². The van der Waals surface area contributed by atoms with Crippen LogP contribution in [-0.4, -0.2) is 22.3 Å². The van der Waals surface area contributed by atoms with Crippen LogP contribution in [0, 0.1) is 10.1 Å². The van der Waals surface area contributed by atoms with Crippen LogP contribution in [0.5, 0.6) is 11.5 Å². The number of nitro groups is 1. The molecule has 0 amide bonds. The average Bonchev–Trinajstić information content (AvgIpc) is 2.97. The van der Waals surface area contributed by atoms with Crippen molar-refractivity contribution in [3.05, 3.63) is 45.8 Å². The Labute approximate surface area is 113 Å². The fraction of sp³-hybridized carbons (Fsp3) is 0.250. The molecule has 0 unspecified atom stereocenters. The Morgan fingerprint density at radius 1 is 1.45 bits per heavy atom. The van der Waals surface area contributed by atoms with E-state index in [2.05, 4.69) is 9.68 Å². The standard InChI is InChI=1S/C12H12N2O6/c1-18-11-2-9(5-15)10(14(16)17)3-12(11)19-6-8-4-13-20-7-8/h2-4,7,15H,5-6H2,1H3. The highest BCUT2D eigenvalue weighted by Crippen LogP contribution is 2.35. The Morgan fingerprint density at radius 3 is 2.80 bits per heavy atom. The molecule has 0 radical (unpaired) electrons. The highest BCUT2D eigenvalue weighted by atomic mass is 16.6. The van der Waals surface area contributed by atoms with Crippen LogP contribution in [0.1, 0.15) is 11.1 Å². The number of nitrogens with zero attached hydrogens (tertiary/aromatic N) is 2. The lowest BCUT2D eigenvalue weighted by molar-refractivity contribution is -0.386. The quantitative estimate of drug-likeness (QED) is 0.633. The van der Waals surface area contributed by atoms with Gasteiger partial charge < -0.3 is 19.1 Å². The molecule has 0 aliphatic rings. The molecule has 8 heteroatoms. The van der Waals surface area contributed by atoms with E-state index in [1.165, 1.54) is 31.7 Å². The molecule has 0 aliphatic heterocycles. The van der Waals surface area contributed by atoms with Gasteiger partial charge in [0.2, 0.25) is 0 Å². The third-order valence-corrected chi connectivity index (χ3v) is 2.61. The van der Waals surface area contributed by atoms with Crippen LogP contribution in [0.25, 0.3) is 0 Å². The molecule has 1 N–H and O–H groups in total. The molecular weight excluding hydrogens is 268 g/mol. The molecule has 8 nitrogen and oxygen atoms in total. The molecule has 1 heterocycles. The maximum atomic E-state index is 10.9. The zero-order valence-corrected chi connectivity index (χ0v) is 10.6. The molecular formula is C12H12N2O6. The van der Waals surface area contributed by atoms with Crippen LogP contribution < -0.4 is 9.47 Å². The largest absolute Gasteiger partial charge is 0.493 e. The zero-order chi connectivity index (χ0) is 14.5. The monoisotopic (exact) mass is 280 g/mol. The number of nitro benzene ring substituents is 1. The Balaban J connectivity index is 2.30. The number of benzene rings is 1. The number of aliphatic hydroxyl groups is 1. The minimum absolute atomic E-state index is 0.134. The number of hydrogen-bond donors (Lipinski definition) is 1. The number of aromatic nitrogens is 1. The van der Waals surface area contributed by atoms with Crippen LogP contribution in [0.15, 0.2) is 29.1 Å². The van der Waals surface area contributed by atoms with E-state index in [0.29, 0.717) is 11.3 Å². The predicted molar refractivity (Wildman–Crippen MR) is 66.4 cm³/mol. The SMILES string of the molecule is COc1cc(CO)c([N+](=O)[O-])cc1OCc1cnoc1. The second-order valence-electron chi connectivity index (χ2n) is 3.87. The fourth-order valence-electron chi connectivity index (χ4n) is 1.62. The van der Waals surface area contributed by atoms with E-state index in [1.807, 2.05) is 0 Å². The lowest BCUT2D eigenvalue weighted by atomic mass is 10.1. The van der Waals surface area contributed by atoms with Crippen LogP contribution >= 0.6 is 0 Å². The second kappa shape index (κ2) is 6.02. The first-order valence-corrected chi connectivity index (χ1v) is 5.63. The summed E-state index contributed by atoms with van der Waals surface area (Å²) in [5, 5.41) is 23.6. The Bertz CT molecular complexity index is 596. The topological polar surface area (TPSA) is 108 Å². The molecule has 0 aliphatic carbocycles. The molecule has 106 valence electrons. The molecule has 2 aromatic rings. The van der Waals surface area contributed by atoms with E-state index in [4.69, 9.17) is 14.6 Å². The van der Waals surface area contributed by atoms with Gasteiger partial charge in [0.1, 0.15) is 12.9 Å². The summed E-state index contributed by atoms with van der Waals surface area (Å²) in [7, 11) is 1.41. The van der Waals surface area contributed by atoms with Crippen molar-refractivity contribution in [3.8, 4) is 11.5 Å². The molecule has 0 saturated heterocycles. The maximum absolute atomic E-state index is 10.9. The summed E-state index contributed by atoms with van der Waals surface area (Å²) in [6.07, 6.45) is 2.88. The molecule has 1 aromatic carbocycles. The van der Waals surface area contributed by atoms with E-state index in [-0.39, 0.29) is 23.6 Å². The van der Waals surface area contributed by atoms with Crippen molar-refractivity contribution < 1.29 is 24.0 Å². The van der Waals surface area contributed by atoms with Crippen molar-refractivity contribution >= 4 is 5.69 Å². The third-order valence-electron chi connectivity index (χ3n) is 2.61. The summed E-state index contributed by atoms with van der Waals surface area (Å²) in [6, 6.07) is 2.60. The summed E-state index contributed by atoms with van der Waals surface area (Å²) in [5.41, 5.74) is 0.610. The van der Waals surface area contributed by atoms with Gasteiger partial charge in [-0.05, 0) is 6.07 Å². The smallest absolute Gasteiger partial charge is 0.278 e. The van der Waals surface area contributed by atoms with E-state index in [1.54, 1.807) is 0 Å². The number of ether oxygens (including phenoxy) is 2. The van der Waals surface area contributed by atoms with Gasteiger partial charge in [0.15, 0.2) is 11.5 Å². The predicted octanol–water partition coefficient (Wildman–Crippen LogP) is 1.66. The molecule has 0 atom stereocenters. The van der Waals surface area contributed by atoms with E-state index >= 15 is 0 Å². The van der Waals surface area contributed by atoms with Gasteiger partial charge in [-0.15, -0.1) is 0 Å². The minimum Gasteiger partial charge on any atom is -0.493 e. The lowest BCUT2D eigenvalue weighted by Crippen LogP contribution is -2.01. The molecule has 0 fully saturated rings. The van der Waals surface area contributed by atoms with E-state index in [9.17, 15) is 10.1 Å². The van der Waals surface area contributed by atoms with E-state index < -0.39 is 11.5 Å². The Morgan fingerprint density at radius 2 is 2.25 bits per heavy atom. The first-order chi connectivity index (χ1) is 9.65. The summed E-state index contributed by atoms with van der Waals surface area (Å²) in [4.78, 5) is 10.4. The highest BCUT2D eigenvalue weighted by molar-refractivity contribution is 5.54. The lowest BCUT2D eigenvalue weighted by Gasteiger charge is -2.11. The van der Waals surface area contributed by atoms with Gasteiger partial charge in [-0.1, -0.05) is 5.16 Å². The molecule has 2 rings (SSSR count). The van der Waals surface area contributed by atoms with Crippen LogP contribution in [0.3, 0.4) is 0 Å². The van der Waals surface area contributed by atoms with Gasteiger partial charge in [0.05, 0.1) is 36.5 Å². The molecule has 0 saturated carbocycles. The number of methoxy groups -OCH3 is 1. The average molecular weight is 280 g/mol. The molecule has 0 spiro atoms. The minimum atomic E-state index is -0.586. The summed E-state index contributed by atoms with van der Waals surface area (Å²) < 4.78 is 15.2. The number of aliphatic hydroxyl groups excluding tert-OH is 1. The van der Waals surface area contributed by atoms with Gasteiger partial charge >= 0.3 is 0 Å². The summed E-state index contributed by atoms with van der Waals surface area (Å²) >= 11 is 0. The normalized spacial score (nSPS) is 10.3. The summed E-state index contributed by atoms with van der Waals surface area (Å²) in [5.74, 6) is 0.508. The van der Waals surface area contributed by atoms with Crippen LogP contribution in [0.4, 0.5) is 5.69 Å². The van der Waals surface area contributed by atoms with Gasteiger partial charge in [-0.2, -0.15) is 0 Å². The Kier molecular flexibility index (Phi) is 4.16. The summed E-state index contributed by atoms with van der Waals surface area (Å²) in [6.45, 7) is -0.325. The van der Waals surface area contributed by atoms with Crippen molar-refractivity contribution in [2.45, 2.75) is 13.2 Å². The molecule has 20 heavy (non-hydrogen) atoms. The van der Waals surface area contributed by atoms with Gasteiger partial charge in [-0.3, -0.25) is 10.1 Å². The van der Waals surface area contributed by atoms with Crippen LogP contribution in [0.2, 0.25) is 0 Å². The number of rotatable bonds is 6. The number of hydrogen-bond acceptors (Lipinski definition) is 7. The maximum Gasteiger partial charge on any atom is 0.278 e. The van der Waals surface area contributed by atoms with Crippen molar-refractivity contribution in [2.75, 3.05) is 7.11 Å². The second-order valence-corrected chi connectivity index (χ2v) is 3.87. The zero-order valence-electron chi connectivity index (χ0n) is 10.6. The molecule has 1 aromatic heterocycles. The van der Waals surface area contributed by atoms with Gasteiger partial charge in [0, 0.05) is 5.56 Å². The third kappa shape index (κ3) is 2.86. The van der Waals surface area contributed by atoms with Crippen molar-refractivity contribution in [2.24, 2.45) is 0 Å². The highest BCUT2D eigenvalue weighted by Gasteiger charge is 2.19. The fourth-order valence-corrected chi connectivity index (χ4v) is 1.62. The Hall–Kier alpha value is -2.61. The van der Waals surface area contributed by atoms with Gasteiger partial charge in [0.25, 0.3) is 5.69 Å². The van der Waals surface area contributed by atoms with Crippen molar-refractivity contribution in [1.82, 2.24) is 5.16 Å². The van der Waals surface area contributed by atoms with Crippen molar-refractivity contribution in [1.29, 1.82) is 0 Å². The first kappa shape index (κ1) is 13.8. The van der Waals surface area contributed by atoms with Crippen molar-refractivity contribution in [3.63, 3.8) is 0 Å². The van der Waals surface area contributed by atoms with Crippen LogP contribution in [-0.2, 0) is 13.2 Å². The van der Waals surface area contributed by atoms with E-state index in [0.717, 1.165) is 0 Å².